The number of thioether (sulfide) groups is 1. The van der Waals surface area contributed by atoms with E-state index in [-0.39, 0.29) is 0 Å². The number of thiophene rings is 1. The summed E-state index contributed by atoms with van der Waals surface area (Å²) in [5, 5.41) is 2.88. The molecule has 24 heavy (non-hydrogen) atoms. The highest BCUT2D eigenvalue weighted by molar-refractivity contribution is 7.98. The lowest BCUT2D eigenvalue weighted by Gasteiger charge is -1.96. The van der Waals surface area contributed by atoms with Crippen LogP contribution < -0.4 is 4.74 Å². The molecule has 122 valence electrons. The number of imidazole rings is 1. The average molecular weight is 357 g/mol. The first-order valence-electron chi connectivity index (χ1n) is 7.39. The number of ether oxygens (including phenoxy) is 1. The second-order valence-electron chi connectivity index (χ2n) is 5.21. The molecule has 3 aromatic heterocycles. The molecule has 1 aromatic carbocycles. The van der Waals surface area contributed by atoms with Crippen LogP contribution in [-0.2, 0) is 5.75 Å². The molecule has 0 aliphatic heterocycles. The van der Waals surface area contributed by atoms with E-state index in [1.54, 1.807) is 30.2 Å². The van der Waals surface area contributed by atoms with E-state index in [4.69, 9.17) is 9.15 Å². The quantitative estimate of drug-likeness (QED) is 0.515. The number of aromatic nitrogens is 3. The maximum Gasteiger partial charge on any atom is 0.236 e. The molecule has 0 aliphatic carbocycles. The summed E-state index contributed by atoms with van der Waals surface area (Å²) in [6, 6.07) is 9.82. The smallest absolute Gasteiger partial charge is 0.236 e. The molecule has 0 unspecified atom stereocenters. The summed E-state index contributed by atoms with van der Waals surface area (Å²) in [5.74, 6) is 3.06. The highest BCUT2D eigenvalue weighted by Gasteiger charge is 2.13. The number of hydrogen-bond donors (Lipinski definition) is 1. The van der Waals surface area contributed by atoms with Gasteiger partial charge in [-0.3, -0.25) is 0 Å². The van der Waals surface area contributed by atoms with Crippen molar-refractivity contribution >= 4 is 34.1 Å². The predicted octanol–water partition coefficient (Wildman–Crippen LogP) is 4.89. The fraction of sp³-hybridized carbons (Fsp3) is 0.176. The van der Waals surface area contributed by atoms with Crippen molar-refractivity contribution in [1.29, 1.82) is 0 Å². The van der Waals surface area contributed by atoms with Crippen molar-refractivity contribution in [1.82, 2.24) is 15.0 Å². The van der Waals surface area contributed by atoms with Gasteiger partial charge in [0.1, 0.15) is 11.5 Å². The van der Waals surface area contributed by atoms with Crippen LogP contribution in [0.1, 0.15) is 11.5 Å². The number of rotatable bonds is 5. The number of benzene rings is 1. The van der Waals surface area contributed by atoms with Crippen molar-refractivity contribution < 1.29 is 9.15 Å². The number of aryl methyl sites for hydroxylation is 1. The van der Waals surface area contributed by atoms with Gasteiger partial charge in [0.2, 0.25) is 5.89 Å². The topological polar surface area (TPSA) is 63.9 Å². The van der Waals surface area contributed by atoms with Gasteiger partial charge < -0.3 is 14.1 Å². The molecule has 0 bridgehead atoms. The van der Waals surface area contributed by atoms with Crippen LogP contribution in [-0.4, -0.2) is 22.1 Å². The number of hydrogen-bond acceptors (Lipinski definition) is 6. The summed E-state index contributed by atoms with van der Waals surface area (Å²) < 4.78 is 11.0. The van der Waals surface area contributed by atoms with Crippen LogP contribution in [0, 0.1) is 6.92 Å². The van der Waals surface area contributed by atoms with Gasteiger partial charge in [0.25, 0.3) is 0 Å². The molecule has 3 heterocycles. The molecule has 0 spiro atoms. The van der Waals surface area contributed by atoms with E-state index in [1.165, 1.54) is 0 Å². The van der Waals surface area contributed by atoms with E-state index in [0.29, 0.717) is 11.6 Å². The molecule has 0 amide bonds. The first-order chi connectivity index (χ1) is 11.7. The van der Waals surface area contributed by atoms with E-state index in [0.717, 1.165) is 38.3 Å². The Labute approximate surface area is 147 Å². The molecular weight excluding hydrogens is 342 g/mol. The van der Waals surface area contributed by atoms with Crippen molar-refractivity contribution in [2.24, 2.45) is 0 Å². The summed E-state index contributed by atoms with van der Waals surface area (Å²) >= 11 is 3.24. The van der Waals surface area contributed by atoms with Crippen molar-refractivity contribution in [3.63, 3.8) is 0 Å². The lowest BCUT2D eigenvalue weighted by Crippen LogP contribution is -1.85. The molecule has 5 nitrogen and oxygen atoms in total. The number of nitrogens with one attached hydrogen (secondary N) is 1. The van der Waals surface area contributed by atoms with Crippen LogP contribution in [0.5, 0.6) is 5.75 Å². The second-order valence-corrected chi connectivity index (χ2v) is 7.12. The molecule has 0 aliphatic rings. The third-order valence-electron chi connectivity index (χ3n) is 3.64. The Hall–Kier alpha value is -2.25. The number of fused-ring (bicyclic) bond motifs is 1. The summed E-state index contributed by atoms with van der Waals surface area (Å²) in [5.41, 5.74) is 2.84. The molecular formula is C17H15N3O2S2. The number of methoxy groups -OCH3 is 1. The average Bonchev–Trinajstić information content (AvgIpc) is 3.31. The van der Waals surface area contributed by atoms with Gasteiger partial charge in [-0.1, -0.05) is 17.8 Å². The van der Waals surface area contributed by atoms with Gasteiger partial charge in [-0.2, -0.15) is 0 Å². The molecule has 0 fully saturated rings. The highest BCUT2D eigenvalue weighted by Crippen LogP contribution is 2.30. The lowest BCUT2D eigenvalue weighted by molar-refractivity contribution is 0.415. The molecule has 7 heteroatoms. The maximum atomic E-state index is 5.78. The SMILES string of the molecule is COc1ccc2nc(SCc3nc(-c4cccs4)oc3C)[nH]c2c1. The Morgan fingerprint density at radius 3 is 3.00 bits per heavy atom. The third kappa shape index (κ3) is 2.92. The van der Waals surface area contributed by atoms with Gasteiger partial charge in [0.05, 0.1) is 28.7 Å². The molecule has 4 rings (SSSR count). The van der Waals surface area contributed by atoms with E-state index >= 15 is 0 Å². The summed E-state index contributed by atoms with van der Waals surface area (Å²) in [7, 11) is 1.66. The molecule has 0 saturated heterocycles. The van der Waals surface area contributed by atoms with Crippen LogP contribution in [0.25, 0.3) is 21.8 Å². The molecule has 4 aromatic rings. The van der Waals surface area contributed by atoms with Crippen LogP contribution in [0.15, 0.2) is 45.3 Å². The van der Waals surface area contributed by atoms with E-state index in [9.17, 15) is 0 Å². The van der Waals surface area contributed by atoms with Crippen molar-refractivity contribution in [2.45, 2.75) is 17.8 Å². The van der Waals surface area contributed by atoms with Crippen molar-refractivity contribution in [2.75, 3.05) is 7.11 Å². The molecule has 0 saturated carbocycles. The van der Waals surface area contributed by atoms with Crippen molar-refractivity contribution in [3.8, 4) is 16.5 Å². The van der Waals surface area contributed by atoms with Crippen molar-refractivity contribution in [3.05, 3.63) is 47.2 Å². The zero-order valence-electron chi connectivity index (χ0n) is 13.2. The second kappa shape index (κ2) is 6.33. The Kier molecular flexibility index (Phi) is 4.03. The summed E-state index contributed by atoms with van der Waals surface area (Å²) in [6.07, 6.45) is 0. The fourth-order valence-electron chi connectivity index (χ4n) is 2.36. The minimum atomic E-state index is 0.687. The Morgan fingerprint density at radius 1 is 1.29 bits per heavy atom. The minimum Gasteiger partial charge on any atom is -0.497 e. The summed E-state index contributed by atoms with van der Waals surface area (Å²) in [4.78, 5) is 13.6. The monoisotopic (exact) mass is 357 g/mol. The fourth-order valence-corrected chi connectivity index (χ4v) is 3.90. The van der Waals surface area contributed by atoms with Crippen LogP contribution in [0.4, 0.5) is 0 Å². The van der Waals surface area contributed by atoms with E-state index in [2.05, 4.69) is 15.0 Å². The van der Waals surface area contributed by atoms with Gasteiger partial charge in [0, 0.05) is 11.8 Å². The first-order valence-corrected chi connectivity index (χ1v) is 9.26. The first kappa shape index (κ1) is 15.3. The Morgan fingerprint density at radius 2 is 2.21 bits per heavy atom. The number of H-pyrrole nitrogens is 1. The van der Waals surface area contributed by atoms with E-state index < -0.39 is 0 Å². The van der Waals surface area contributed by atoms with Gasteiger partial charge in [-0.05, 0) is 30.5 Å². The zero-order valence-corrected chi connectivity index (χ0v) is 14.8. The van der Waals surface area contributed by atoms with Gasteiger partial charge >= 0.3 is 0 Å². The molecule has 1 N–H and O–H groups in total. The van der Waals surface area contributed by atoms with Crippen LogP contribution >= 0.6 is 23.1 Å². The largest absolute Gasteiger partial charge is 0.497 e. The zero-order chi connectivity index (χ0) is 16.5. The molecule has 0 atom stereocenters. The van der Waals surface area contributed by atoms with Crippen LogP contribution in [0.3, 0.4) is 0 Å². The third-order valence-corrected chi connectivity index (χ3v) is 5.38. The van der Waals surface area contributed by atoms with Gasteiger partial charge in [-0.25, -0.2) is 9.97 Å². The van der Waals surface area contributed by atoms with Crippen LogP contribution in [0.2, 0.25) is 0 Å². The summed E-state index contributed by atoms with van der Waals surface area (Å²) in [6.45, 7) is 1.95. The predicted molar refractivity (Wildman–Crippen MR) is 96.8 cm³/mol. The molecule has 0 radical (unpaired) electrons. The standard InChI is InChI=1S/C17H15N3O2S2/c1-10-14(18-16(22-10)15-4-3-7-23-15)9-24-17-19-12-6-5-11(21-2)8-13(12)20-17/h3-8H,9H2,1-2H3,(H,19,20). The number of oxazole rings is 1. The number of nitrogens with zero attached hydrogens (tertiary/aromatic N) is 2. The van der Waals surface area contributed by atoms with E-state index in [1.807, 2.05) is 42.6 Å². The number of aromatic amines is 1. The lowest BCUT2D eigenvalue weighted by atomic mass is 10.3. The van der Waals surface area contributed by atoms with Gasteiger partial charge in [-0.15, -0.1) is 11.3 Å². The highest BCUT2D eigenvalue weighted by atomic mass is 32.2. The Balaban J connectivity index is 1.52. The maximum absolute atomic E-state index is 5.78. The normalized spacial score (nSPS) is 11.2. The minimum absolute atomic E-state index is 0.687. The Bertz CT molecular complexity index is 973. The van der Waals surface area contributed by atoms with Gasteiger partial charge in [0.15, 0.2) is 5.16 Å².